The smallest absolute Gasteiger partial charge is 0.255 e. The van der Waals surface area contributed by atoms with Crippen LogP contribution in [0.4, 0.5) is 11.4 Å². The fraction of sp³-hybridized carbons (Fsp3) is 0. The minimum absolute atomic E-state index is 0.223. The van der Waals surface area contributed by atoms with Gasteiger partial charge in [0.25, 0.3) is 11.8 Å². The number of anilines is 2. The zero-order valence-corrected chi connectivity index (χ0v) is 25.5. The molecular formula is C42H32N2O3. The van der Waals surface area contributed by atoms with Gasteiger partial charge < -0.3 is 15.4 Å². The molecular weight excluding hydrogens is 580 g/mol. The summed E-state index contributed by atoms with van der Waals surface area (Å²) >= 11 is 0. The van der Waals surface area contributed by atoms with Crippen molar-refractivity contribution in [3.63, 3.8) is 0 Å². The fourth-order valence-electron chi connectivity index (χ4n) is 4.87. The maximum Gasteiger partial charge on any atom is 0.255 e. The highest BCUT2D eigenvalue weighted by Gasteiger charge is 2.10. The maximum atomic E-state index is 13.1. The van der Waals surface area contributed by atoms with E-state index >= 15 is 0 Å². The van der Waals surface area contributed by atoms with E-state index in [4.69, 9.17) is 4.74 Å². The van der Waals surface area contributed by atoms with Gasteiger partial charge in [0.05, 0.1) is 0 Å². The summed E-state index contributed by atoms with van der Waals surface area (Å²) in [6.07, 6.45) is 8.09. The average Bonchev–Trinajstić information content (AvgIpc) is 3.11. The first-order chi connectivity index (χ1) is 23.1. The number of amides is 2. The summed E-state index contributed by atoms with van der Waals surface area (Å²) < 4.78 is 6.02. The third-order valence-electron chi connectivity index (χ3n) is 7.27. The highest BCUT2D eigenvalue weighted by Crippen LogP contribution is 2.24. The van der Waals surface area contributed by atoms with Crippen molar-refractivity contribution in [3.8, 4) is 11.5 Å². The van der Waals surface area contributed by atoms with Crippen LogP contribution in [0.5, 0.6) is 11.5 Å². The van der Waals surface area contributed by atoms with E-state index < -0.39 is 0 Å². The van der Waals surface area contributed by atoms with E-state index in [-0.39, 0.29) is 11.8 Å². The van der Waals surface area contributed by atoms with Crippen LogP contribution < -0.4 is 15.4 Å². The van der Waals surface area contributed by atoms with Gasteiger partial charge in [0, 0.05) is 22.5 Å². The van der Waals surface area contributed by atoms with Crippen LogP contribution in [-0.4, -0.2) is 11.8 Å². The number of benzene rings is 6. The van der Waals surface area contributed by atoms with Crippen molar-refractivity contribution in [2.24, 2.45) is 0 Å². The molecule has 0 aliphatic heterocycles. The summed E-state index contributed by atoms with van der Waals surface area (Å²) in [7, 11) is 0. The van der Waals surface area contributed by atoms with Gasteiger partial charge in [-0.05, 0) is 89.0 Å². The fourth-order valence-corrected chi connectivity index (χ4v) is 4.87. The van der Waals surface area contributed by atoms with Crippen LogP contribution in [0.15, 0.2) is 158 Å². The standard InChI is InChI=1S/C42H32N2O3/c45-41(43-37-17-7-14-33(28-37)22-20-31-10-3-1-4-11-31)35-24-26-39(27-25-35)47-40-19-9-16-36(30-40)42(46)44-38-18-8-15-34(29-38)23-21-32-12-5-2-6-13-32/h1-30H,(H,43,45)(H,44,46)/b22-20+,23-21+. The first-order valence-electron chi connectivity index (χ1n) is 15.2. The van der Waals surface area contributed by atoms with E-state index in [0.717, 1.165) is 22.3 Å². The Morgan fingerprint density at radius 2 is 0.872 bits per heavy atom. The van der Waals surface area contributed by atoms with Crippen LogP contribution in [0.25, 0.3) is 24.3 Å². The van der Waals surface area contributed by atoms with Crippen LogP contribution in [0.1, 0.15) is 43.0 Å². The summed E-state index contributed by atoms with van der Waals surface area (Å²) in [5.41, 5.74) is 6.53. The van der Waals surface area contributed by atoms with Gasteiger partial charge >= 0.3 is 0 Å². The number of carbonyl (C=O) groups excluding carboxylic acids is 2. The Balaban J connectivity index is 1.05. The Bertz CT molecular complexity index is 2030. The number of rotatable bonds is 10. The van der Waals surface area contributed by atoms with E-state index in [1.807, 2.05) is 133 Å². The molecule has 0 heterocycles. The SMILES string of the molecule is O=C(Nc1cccc(/C=C/c2ccccc2)c1)c1ccc(Oc2cccc(C(=O)Nc3cccc(/C=C/c4ccccc4)c3)c2)cc1. The molecule has 0 saturated carbocycles. The molecule has 0 spiro atoms. The zero-order valence-electron chi connectivity index (χ0n) is 25.5. The Kier molecular flexibility index (Phi) is 9.76. The van der Waals surface area contributed by atoms with Gasteiger partial charge in [0.1, 0.15) is 11.5 Å². The van der Waals surface area contributed by atoms with Crippen LogP contribution in [-0.2, 0) is 0 Å². The second kappa shape index (κ2) is 15.0. The third-order valence-corrected chi connectivity index (χ3v) is 7.27. The predicted octanol–water partition coefficient (Wildman–Crippen LogP) is 10.3. The van der Waals surface area contributed by atoms with Crippen molar-refractivity contribution in [2.75, 3.05) is 10.6 Å². The molecule has 6 aromatic rings. The second-order valence-corrected chi connectivity index (χ2v) is 10.8. The largest absolute Gasteiger partial charge is 0.457 e. The lowest BCUT2D eigenvalue weighted by molar-refractivity contribution is 0.101. The van der Waals surface area contributed by atoms with Crippen LogP contribution in [0.3, 0.4) is 0 Å². The molecule has 47 heavy (non-hydrogen) atoms. The number of ether oxygens (including phenoxy) is 1. The molecule has 0 unspecified atom stereocenters. The zero-order chi connectivity index (χ0) is 32.3. The summed E-state index contributed by atoms with van der Waals surface area (Å²) in [6, 6.07) is 49.3. The average molecular weight is 613 g/mol. The van der Waals surface area contributed by atoms with Gasteiger partial charge in [-0.3, -0.25) is 9.59 Å². The molecule has 0 saturated heterocycles. The minimum Gasteiger partial charge on any atom is -0.457 e. The van der Waals surface area contributed by atoms with Gasteiger partial charge in [0.2, 0.25) is 0 Å². The molecule has 0 aliphatic carbocycles. The Labute approximate surface area is 274 Å². The summed E-state index contributed by atoms with van der Waals surface area (Å²) in [4.78, 5) is 26.0. The molecule has 0 radical (unpaired) electrons. The maximum absolute atomic E-state index is 13.1. The van der Waals surface area contributed by atoms with Crippen molar-refractivity contribution in [3.05, 3.63) is 191 Å². The number of hydrogen-bond donors (Lipinski definition) is 2. The Morgan fingerprint density at radius 3 is 1.43 bits per heavy atom. The van der Waals surface area contributed by atoms with Crippen LogP contribution in [0, 0.1) is 0 Å². The van der Waals surface area contributed by atoms with Crippen molar-refractivity contribution >= 4 is 47.5 Å². The molecule has 0 fully saturated rings. The Hall–Kier alpha value is -6.46. The molecule has 228 valence electrons. The predicted molar refractivity (Wildman–Crippen MR) is 192 cm³/mol. The van der Waals surface area contributed by atoms with Gasteiger partial charge in [-0.25, -0.2) is 0 Å². The van der Waals surface area contributed by atoms with Gasteiger partial charge in [-0.15, -0.1) is 0 Å². The third kappa shape index (κ3) is 8.81. The molecule has 0 aliphatic rings. The first kappa shape index (κ1) is 30.6. The van der Waals surface area contributed by atoms with Crippen molar-refractivity contribution in [2.45, 2.75) is 0 Å². The van der Waals surface area contributed by atoms with Gasteiger partial charge in [0.15, 0.2) is 0 Å². The van der Waals surface area contributed by atoms with Crippen molar-refractivity contribution < 1.29 is 14.3 Å². The van der Waals surface area contributed by atoms with Crippen molar-refractivity contribution in [1.29, 1.82) is 0 Å². The molecule has 6 aromatic carbocycles. The first-order valence-corrected chi connectivity index (χ1v) is 15.2. The highest BCUT2D eigenvalue weighted by molar-refractivity contribution is 6.05. The van der Waals surface area contributed by atoms with E-state index in [1.54, 1.807) is 48.5 Å². The lowest BCUT2D eigenvalue weighted by Gasteiger charge is -2.10. The number of nitrogens with one attached hydrogen (secondary N) is 2. The molecule has 5 nitrogen and oxygen atoms in total. The summed E-state index contributed by atoms with van der Waals surface area (Å²) in [5, 5.41) is 5.93. The Morgan fingerprint density at radius 1 is 0.404 bits per heavy atom. The molecule has 6 rings (SSSR count). The number of carbonyl (C=O) groups is 2. The van der Waals surface area contributed by atoms with Crippen molar-refractivity contribution in [1.82, 2.24) is 0 Å². The molecule has 0 bridgehead atoms. The quantitative estimate of drug-likeness (QED) is 0.151. The molecule has 2 amide bonds. The van der Waals surface area contributed by atoms with E-state index in [9.17, 15) is 9.59 Å². The highest BCUT2D eigenvalue weighted by atomic mass is 16.5. The van der Waals surface area contributed by atoms with E-state index in [2.05, 4.69) is 10.6 Å². The second-order valence-electron chi connectivity index (χ2n) is 10.8. The van der Waals surface area contributed by atoms with Crippen LogP contribution >= 0.6 is 0 Å². The lowest BCUT2D eigenvalue weighted by atomic mass is 10.1. The molecule has 0 aromatic heterocycles. The number of hydrogen-bond acceptors (Lipinski definition) is 3. The van der Waals surface area contributed by atoms with Crippen LogP contribution in [0.2, 0.25) is 0 Å². The summed E-state index contributed by atoms with van der Waals surface area (Å²) in [6.45, 7) is 0. The van der Waals surface area contributed by atoms with Gasteiger partial charge in [-0.2, -0.15) is 0 Å². The van der Waals surface area contributed by atoms with E-state index in [0.29, 0.717) is 34.0 Å². The molecule has 2 N–H and O–H groups in total. The van der Waals surface area contributed by atoms with E-state index in [1.165, 1.54) is 0 Å². The summed E-state index contributed by atoms with van der Waals surface area (Å²) in [5.74, 6) is 0.588. The normalized spacial score (nSPS) is 11.0. The molecule has 5 heteroatoms. The monoisotopic (exact) mass is 612 g/mol. The topological polar surface area (TPSA) is 67.4 Å². The minimum atomic E-state index is -0.244. The molecule has 0 atom stereocenters. The van der Waals surface area contributed by atoms with Gasteiger partial charge in [-0.1, -0.05) is 115 Å². The lowest BCUT2D eigenvalue weighted by Crippen LogP contribution is -2.12.